The lowest BCUT2D eigenvalue weighted by molar-refractivity contribution is -0.384. The molecule has 0 aromatic heterocycles. The number of aryl methyl sites for hydroxylation is 1. The van der Waals surface area contributed by atoms with Crippen molar-refractivity contribution in [1.82, 2.24) is 0 Å². The highest BCUT2D eigenvalue weighted by Gasteiger charge is 2.14. The summed E-state index contributed by atoms with van der Waals surface area (Å²) in [7, 11) is 0. The molecule has 0 fully saturated rings. The van der Waals surface area contributed by atoms with E-state index < -0.39 is 4.92 Å². The third-order valence-electron chi connectivity index (χ3n) is 3.29. The zero-order valence-corrected chi connectivity index (χ0v) is 11.7. The smallest absolute Gasteiger partial charge is 0.292 e. The first kappa shape index (κ1) is 14.5. The fourth-order valence-corrected chi connectivity index (χ4v) is 2.17. The molecule has 2 aromatic carbocycles. The van der Waals surface area contributed by atoms with E-state index in [1.807, 2.05) is 30.3 Å². The van der Waals surface area contributed by atoms with Gasteiger partial charge in [-0.15, -0.1) is 0 Å². The zero-order valence-electron chi connectivity index (χ0n) is 11.7. The summed E-state index contributed by atoms with van der Waals surface area (Å²) in [5.74, 6) is 0. The van der Waals surface area contributed by atoms with Gasteiger partial charge in [-0.1, -0.05) is 31.2 Å². The van der Waals surface area contributed by atoms with Crippen molar-refractivity contribution < 1.29 is 4.92 Å². The number of rotatable bonds is 5. The van der Waals surface area contributed by atoms with Crippen molar-refractivity contribution in [3.05, 3.63) is 69.3 Å². The molecule has 0 saturated carbocycles. The van der Waals surface area contributed by atoms with Crippen LogP contribution in [0.5, 0.6) is 0 Å². The second kappa shape index (κ2) is 6.53. The summed E-state index contributed by atoms with van der Waals surface area (Å²) >= 11 is 0. The van der Waals surface area contributed by atoms with Gasteiger partial charge in [-0.25, -0.2) is 0 Å². The van der Waals surface area contributed by atoms with Gasteiger partial charge < -0.3 is 5.32 Å². The third kappa shape index (κ3) is 3.37. The molecule has 0 saturated heterocycles. The Hall–Kier alpha value is -2.87. The fraction of sp³-hybridized carbons (Fsp3) is 0.188. The van der Waals surface area contributed by atoms with Gasteiger partial charge in [0.15, 0.2) is 0 Å². The minimum Gasteiger partial charge on any atom is -0.375 e. The lowest BCUT2D eigenvalue weighted by Crippen LogP contribution is -2.05. The molecule has 0 bridgehead atoms. The van der Waals surface area contributed by atoms with Gasteiger partial charge in [0.2, 0.25) is 0 Å². The second-order valence-electron chi connectivity index (χ2n) is 4.58. The first-order chi connectivity index (χ1) is 10.2. The number of hydrogen-bond acceptors (Lipinski definition) is 4. The molecule has 0 radical (unpaired) electrons. The Bertz CT molecular complexity index is 705. The molecule has 2 rings (SSSR count). The molecule has 0 aliphatic rings. The molecule has 0 amide bonds. The highest BCUT2D eigenvalue weighted by Crippen LogP contribution is 2.26. The average Bonchev–Trinajstić information content (AvgIpc) is 2.52. The molecule has 0 unspecified atom stereocenters. The summed E-state index contributed by atoms with van der Waals surface area (Å²) < 4.78 is 0. The van der Waals surface area contributed by atoms with Gasteiger partial charge in [-0.05, 0) is 29.7 Å². The summed E-state index contributed by atoms with van der Waals surface area (Å²) in [6.07, 6.45) is 0.901. The number of nitrogens with zero attached hydrogens (tertiary/aromatic N) is 2. The molecule has 2 aromatic rings. The number of nitriles is 1. The first-order valence-electron chi connectivity index (χ1n) is 6.65. The van der Waals surface area contributed by atoms with E-state index in [-0.39, 0.29) is 5.69 Å². The number of nitro benzene ring substituents is 1. The maximum Gasteiger partial charge on any atom is 0.292 e. The lowest BCUT2D eigenvalue weighted by atomic mass is 10.1. The molecule has 21 heavy (non-hydrogen) atoms. The van der Waals surface area contributed by atoms with Crippen molar-refractivity contribution in [2.45, 2.75) is 19.9 Å². The van der Waals surface area contributed by atoms with Crippen LogP contribution in [0.4, 0.5) is 11.4 Å². The summed E-state index contributed by atoms with van der Waals surface area (Å²) in [5.41, 5.74) is 3.03. The number of hydrogen-bond donors (Lipinski definition) is 1. The SMILES string of the molecule is CCc1ccccc1CNc1cc(C#N)ccc1[N+](=O)[O-]. The number of nitro groups is 1. The molecule has 0 aliphatic carbocycles. The van der Waals surface area contributed by atoms with Crippen LogP contribution in [0.15, 0.2) is 42.5 Å². The molecular formula is C16H15N3O2. The molecule has 106 valence electrons. The van der Waals surface area contributed by atoms with Crippen molar-refractivity contribution in [2.75, 3.05) is 5.32 Å². The van der Waals surface area contributed by atoms with E-state index in [9.17, 15) is 10.1 Å². The van der Waals surface area contributed by atoms with Crippen LogP contribution in [0.1, 0.15) is 23.6 Å². The summed E-state index contributed by atoms with van der Waals surface area (Å²) in [5, 5.41) is 23.0. The normalized spacial score (nSPS) is 9.90. The Labute approximate surface area is 123 Å². The van der Waals surface area contributed by atoms with E-state index in [1.54, 1.807) is 0 Å². The molecule has 0 aliphatic heterocycles. The van der Waals surface area contributed by atoms with Crippen LogP contribution in [0.2, 0.25) is 0 Å². The van der Waals surface area contributed by atoms with E-state index in [0.29, 0.717) is 17.8 Å². The van der Waals surface area contributed by atoms with Gasteiger partial charge in [0.05, 0.1) is 16.6 Å². The van der Waals surface area contributed by atoms with E-state index in [0.717, 1.165) is 12.0 Å². The van der Waals surface area contributed by atoms with Crippen molar-refractivity contribution in [1.29, 1.82) is 5.26 Å². The molecule has 0 heterocycles. The fourth-order valence-electron chi connectivity index (χ4n) is 2.17. The Morgan fingerprint density at radius 2 is 1.95 bits per heavy atom. The summed E-state index contributed by atoms with van der Waals surface area (Å²) in [6, 6.07) is 14.2. The molecule has 5 heteroatoms. The van der Waals surface area contributed by atoms with Crippen LogP contribution in [-0.4, -0.2) is 4.92 Å². The van der Waals surface area contributed by atoms with Gasteiger partial charge in [0.1, 0.15) is 5.69 Å². The van der Waals surface area contributed by atoms with Crippen LogP contribution in [0.3, 0.4) is 0 Å². The van der Waals surface area contributed by atoms with Gasteiger partial charge in [-0.3, -0.25) is 10.1 Å². The highest BCUT2D eigenvalue weighted by molar-refractivity contribution is 5.64. The molecule has 5 nitrogen and oxygen atoms in total. The van der Waals surface area contributed by atoms with Crippen LogP contribution in [-0.2, 0) is 13.0 Å². The van der Waals surface area contributed by atoms with E-state index in [4.69, 9.17) is 5.26 Å². The van der Waals surface area contributed by atoms with E-state index in [2.05, 4.69) is 12.2 Å². The number of nitrogens with one attached hydrogen (secondary N) is 1. The standard InChI is InChI=1S/C16H15N3O2/c1-2-13-5-3-4-6-14(13)11-18-15-9-12(10-17)7-8-16(15)19(20)21/h3-9,18H,2,11H2,1H3. The minimum absolute atomic E-state index is 0.0250. The Balaban J connectivity index is 2.27. The Morgan fingerprint density at radius 1 is 1.24 bits per heavy atom. The van der Waals surface area contributed by atoms with Crippen LogP contribution >= 0.6 is 0 Å². The van der Waals surface area contributed by atoms with Gasteiger partial charge >= 0.3 is 0 Å². The highest BCUT2D eigenvalue weighted by atomic mass is 16.6. The number of anilines is 1. The van der Waals surface area contributed by atoms with Gasteiger partial charge in [0.25, 0.3) is 5.69 Å². The molecule has 1 N–H and O–H groups in total. The van der Waals surface area contributed by atoms with Crippen LogP contribution in [0, 0.1) is 21.4 Å². The van der Waals surface area contributed by atoms with Crippen molar-refractivity contribution in [2.24, 2.45) is 0 Å². The quantitative estimate of drug-likeness (QED) is 0.670. The van der Waals surface area contributed by atoms with Crippen molar-refractivity contribution in [3.63, 3.8) is 0 Å². The van der Waals surface area contributed by atoms with Crippen molar-refractivity contribution in [3.8, 4) is 6.07 Å². The Kier molecular flexibility index (Phi) is 4.52. The van der Waals surface area contributed by atoms with Crippen LogP contribution < -0.4 is 5.32 Å². The number of benzene rings is 2. The topological polar surface area (TPSA) is 79.0 Å². The predicted octanol–water partition coefficient (Wildman–Crippen LogP) is 3.64. The predicted molar refractivity (Wildman–Crippen MR) is 81.0 cm³/mol. The van der Waals surface area contributed by atoms with Gasteiger partial charge in [0, 0.05) is 12.6 Å². The zero-order chi connectivity index (χ0) is 15.2. The monoisotopic (exact) mass is 281 g/mol. The second-order valence-corrected chi connectivity index (χ2v) is 4.58. The maximum atomic E-state index is 11.0. The molecule has 0 spiro atoms. The minimum atomic E-state index is -0.449. The molecular weight excluding hydrogens is 266 g/mol. The third-order valence-corrected chi connectivity index (χ3v) is 3.29. The maximum absolute atomic E-state index is 11.0. The Morgan fingerprint density at radius 3 is 2.57 bits per heavy atom. The van der Waals surface area contributed by atoms with E-state index in [1.165, 1.54) is 23.8 Å². The molecule has 0 atom stereocenters. The lowest BCUT2D eigenvalue weighted by Gasteiger charge is -2.10. The van der Waals surface area contributed by atoms with Crippen molar-refractivity contribution >= 4 is 11.4 Å². The average molecular weight is 281 g/mol. The first-order valence-corrected chi connectivity index (χ1v) is 6.65. The largest absolute Gasteiger partial charge is 0.375 e. The van der Waals surface area contributed by atoms with Gasteiger partial charge in [-0.2, -0.15) is 5.26 Å². The summed E-state index contributed by atoms with van der Waals surface area (Å²) in [6.45, 7) is 2.55. The summed E-state index contributed by atoms with van der Waals surface area (Å²) in [4.78, 5) is 10.6. The van der Waals surface area contributed by atoms with E-state index >= 15 is 0 Å². The van der Waals surface area contributed by atoms with Crippen LogP contribution in [0.25, 0.3) is 0 Å².